The quantitative estimate of drug-likeness (QED) is 0.777. The van der Waals surface area contributed by atoms with Crippen molar-refractivity contribution >= 4 is 39.7 Å². The number of benzene rings is 2. The number of nitrogens with zero attached hydrogens (tertiary/aromatic N) is 2. The van der Waals surface area contributed by atoms with Crippen LogP contribution in [0.4, 0.5) is 11.4 Å². The first-order valence-electron chi connectivity index (χ1n) is 7.20. The van der Waals surface area contributed by atoms with E-state index in [4.69, 9.17) is 21.7 Å². The highest BCUT2D eigenvalue weighted by Gasteiger charge is 2.26. The Labute approximate surface area is 146 Å². The lowest BCUT2D eigenvalue weighted by Gasteiger charge is -2.38. The van der Waals surface area contributed by atoms with Crippen LogP contribution in [-0.4, -0.2) is 31.1 Å². The van der Waals surface area contributed by atoms with Crippen LogP contribution in [0.5, 0.6) is 11.5 Å². The van der Waals surface area contributed by atoms with E-state index >= 15 is 0 Å². The predicted molar refractivity (Wildman–Crippen MR) is 101 cm³/mol. The minimum atomic E-state index is 0.659. The topological polar surface area (TPSA) is 24.9 Å². The summed E-state index contributed by atoms with van der Waals surface area (Å²) in [5.74, 6) is 2.48. The highest BCUT2D eigenvalue weighted by atomic mass is 32.2. The Kier molecular flexibility index (Phi) is 4.93. The second-order valence-corrected chi connectivity index (χ2v) is 6.57. The van der Waals surface area contributed by atoms with Crippen molar-refractivity contribution in [2.75, 3.05) is 36.6 Å². The van der Waals surface area contributed by atoms with Crippen molar-refractivity contribution in [1.82, 2.24) is 0 Å². The molecule has 0 N–H and O–H groups in total. The average Bonchev–Trinajstić information content (AvgIpc) is 2.62. The molecular weight excluding hydrogens is 328 g/mol. The zero-order valence-corrected chi connectivity index (χ0v) is 14.7. The normalized spacial score (nSPS) is 14.8. The number of ether oxygens (including phenoxy) is 2. The molecule has 0 aliphatic carbocycles. The van der Waals surface area contributed by atoms with Crippen LogP contribution >= 0.6 is 24.0 Å². The third-order valence-corrected chi connectivity index (χ3v) is 5.16. The van der Waals surface area contributed by atoms with Gasteiger partial charge in [-0.05, 0) is 24.3 Å². The standard InChI is InChI=1S/C17H18N2O2S2/c1-20-15-9-5-3-7-13(15)18-11-19(17(22)23-12-18)14-8-4-6-10-16(14)21-2/h3-10H,11-12H2,1-2H3. The molecule has 1 aliphatic heterocycles. The molecule has 0 atom stereocenters. The lowest BCUT2D eigenvalue weighted by Crippen LogP contribution is -2.45. The number of rotatable bonds is 4. The van der Waals surface area contributed by atoms with Crippen LogP contribution in [-0.2, 0) is 0 Å². The fraction of sp³-hybridized carbons (Fsp3) is 0.235. The summed E-state index contributed by atoms with van der Waals surface area (Å²) in [4.78, 5) is 4.33. The van der Waals surface area contributed by atoms with Crippen molar-refractivity contribution in [2.24, 2.45) is 0 Å². The van der Waals surface area contributed by atoms with E-state index in [0.717, 1.165) is 33.1 Å². The molecule has 0 unspecified atom stereocenters. The highest BCUT2D eigenvalue weighted by molar-refractivity contribution is 8.23. The van der Waals surface area contributed by atoms with Gasteiger partial charge in [0.05, 0.1) is 38.1 Å². The van der Waals surface area contributed by atoms with Gasteiger partial charge < -0.3 is 19.3 Å². The molecule has 2 aromatic rings. The van der Waals surface area contributed by atoms with E-state index < -0.39 is 0 Å². The number of thiocarbonyl (C=S) groups is 1. The molecular formula is C17H18N2O2S2. The number of thioether (sulfide) groups is 1. The maximum Gasteiger partial charge on any atom is 0.144 e. The summed E-state index contributed by atoms with van der Waals surface area (Å²) in [6.45, 7) is 0.659. The Morgan fingerprint density at radius 2 is 1.48 bits per heavy atom. The summed E-state index contributed by atoms with van der Waals surface area (Å²) in [7, 11) is 3.37. The lowest BCUT2D eigenvalue weighted by atomic mass is 10.2. The number of methoxy groups -OCH3 is 2. The van der Waals surface area contributed by atoms with Crippen LogP contribution in [0.2, 0.25) is 0 Å². The van der Waals surface area contributed by atoms with Gasteiger partial charge in [-0.3, -0.25) is 0 Å². The molecule has 0 spiro atoms. The van der Waals surface area contributed by atoms with Crippen molar-refractivity contribution in [3.63, 3.8) is 0 Å². The third kappa shape index (κ3) is 3.23. The fourth-order valence-corrected chi connectivity index (χ4v) is 3.66. The van der Waals surface area contributed by atoms with Gasteiger partial charge in [0.15, 0.2) is 0 Å². The molecule has 23 heavy (non-hydrogen) atoms. The van der Waals surface area contributed by atoms with Gasteiger partial charge in [-0.25, -0.2) is 0 Å². The lowest BCUT2D eigenvalue weighted by molar-refractivity contribution is 0.414. The van der Waals surface area contributed by atoms with Crippen molar-refractivity contribution in [3.8, 4) is 11.5 Å². The van der Waals surface area contributed by atoms with Crippen molar-refractivity contribution in [2.45, 2.75) is 0 Å². The van der Waals surface area contributed by atoms with E-state index in [0.29, 0.717) is 6.67 Å². The Morgan fingerprint density at radius 1 is 0.913 bits per heavy atom. The number of hydrogen-bond donors (Lipinski definition) is 0. The molecule has 0 amide bonds. The molecule has 6 heteroatoms. The monoisotopic (exact) mass is 346 g/mol. The van der Waals surface area contributed by atoms with Gasteiger partial charge in [0.2, 0.25) is 0 Å². The van der Waals surface area contributed by atoms with Crippen LogP contribution in [0, 0.1) is 0 Å². The van der Waals surface area contributed by atoms with Gasteiger partial charge in [-0.15, -0.1) is 0 Å². The van der Waals surface area contributed by atoms with Gasteiger partial charge in [-0.2, -0.15) is 0 Å². The summed E-state index contributed by atoms with van der Waals surface area (Å²) in [6.07, 6.45) is 0. The average molecular weight is 346 g/mol. The van der Waals surface area contributed by atoms with Crippen LogP contribution < -0.4 is 19.3 Å². The first-order valence-corrected chi connectivity index (χ1v) is 8.59. The molecule has 1 aliphatic rings. The number of para-hydroxylation sites is 4. The van der Waals surface area contributed by atoms with E-state index in [1.165, 1.54) is 0 Å². The van der Waals surface area contributed by atoms with E-state index in [1.807, 2.05) is 42.5 Å². The van der Waals surface area contributed by atoms with Crippen LogP contribution in [0.15, 0.2) is 48.5 Å². The molecule has 0 saturated carbocycles. The second kappa shape index (κ2) is 7.10. The van der Waals surface area contributed by atoms with Crippen LogP contribution in [0.25, 0.3) is 0 Å². The molecule has 4 nitrogen and oxygen atoms in total. The Bertz CT molecular complexity index is 708. The maximum atomic E-state index is 5.56. The van der Waals surface area contributed by atoms with Crippen molar-refractivity contribution in [1.29, 1.82) is 0 Å². The van der Waals surface area contributed by atoms with Crippen LogP contribution in [0.3, 0.4) is 0 Å². The first-order chi connectivity index (χ1) is 11.2. The molecule has 3 rings (SSSR count). The second-order valence-electron chi connectivity index (χ2n) is 4.99. The molecule has 0 bridgehead atoms. The zero-order valence-electron chi connectivity index (χ0n) is 13.1. The number of anilines is 2. The Morgan fingerprint density at radius 3 is 2.13 bits per heavy atom. The van der Waals surface area contributed by atoms with Gasteiger partial charge in [-0.1, -0.05) is 48.2 Å². The van der Waals surface area contributed by atoms with E-state index in [9.17, 15) is 0 Å². The van der Waals surface area contributed by atoms with E-state index in [-0.39, 0.29) is 0 Å². The first kappa shape index (κ1) is 16.0. The predicted octanol–water partition coefficient (Wildman–Crippen LogP) is 3.96. The molecule has 0 radical (unpaired) electrons. The molecule has 1 heterocycles. The summed E-state index contributed by atoms with van der Waals surface area (Å²) < 4.78 is 11.8. The smallest absolute Gasteiger partial charge is 0.144 e. The van der Waals surface area contributed by atoms with Crippen molar-refractivity contribution in [3.05, 3.63) is 48.5 Å². The largest absolute Gasteiger partial charge is 0.495 e. The highest BCUT2D eigenvalue weighted by Crippen LogP contribution is 2.36. The van der Waals surface area contributed by atoms with Gasteiger partial charge in [0.1, 0.15) is 15.8 Å². The van der Waals surface area contributed by atoms with Gasteiger partial charge in [0, 0.05) is 0 Å². The molecule has 2 aromatic carbocycles. The van der Waals surface area contributed by atoms with Gasteiger partial charge >= 0.3 is 0 Å². The van der Waals surface area contributed by atoms with Crippen molar-refractivity contribution < 1.29 is 9.47 Å². The van der Waals surface area contributed by atoms with E-state index in [1.54, 1.807) is 26.0 Å². The maximum absolute atomic E-state index is 5.56. The Balaban J connectivity index is 1.92. The number of hydrogen-bond acceptors (Lipinski definition) is 5. The Hall–Kier alpha value is -1.92. The molecule has 0 aromatic heterocycles. The summed E-state index contributed by atoms with van der Waals surface area (Å²) in [5, 5.41) is 0. The van der Waals surface area contributed by atoms with E-state index in [2.05, 4.69) is 15.9 Å². The summed E-state index contributed by atoms with van der Waals surface area (Å²) >= 11 is 7.19. The third-order valence-electron chi connectivity index (χ3n) is 3.68. The molecule has 1 saturated heterocycles. The molecule has 1 fully saturated rings. The summed E-state index contributed by atoms with van der Waals surface area (Å²) in [6, 6.07) is 16.0. The minimum absolute atomic E-state index is 0.659. The zero-order chi connectivity index (χ0) is 16.2. The summed E-state index contributed by atoms with van der Waals surface area (Å²) in [5.41, 5.74) is 2.04. The molecule has 120 valence electrons. The fourth-order valence-electron chi connectivity index (χ4n) is 2.54. The van der Waals surface area contributed by atoms with Gasteiger partial charge in [0.25, 0.3) is 0 Å². The van der Waals surface area contributed by atoms with Crippen LogP contribution in [0.1, 0.15) is 0 Å². The SMILES string of the molecule is COc1ccccc1N1CSC(=S)N(c2ccccc2OC)C1. The minimum Gasteiger partial charge on any atom is -0.495 e.